The standard InChI is InChI=1S/C10H13NO5/c1-11-10(14)2-3-15-9-6-16-7(5-12)4-8(9)13/h4,6,12H,2-3,5H2,1H3,(H,11,14). The van der Waals surface area contributed by atoms with Crippen molar-refractivity contribution in [2.24, 2.45) is 0 Å². The van der Waals surface area contributed by atoms with Gasteiger partial charge in [0.2, 0.25) is 17.1 Å². The maximum atomic E-state index is 11.3. The van der Waals surface area contributed by atoms with Crippen LogP contribution in [0.25, 0.3) is 0 Å². The van der Waals surface area contributed by atoms with Gasteiger partial charge in [-0.1, -0.05) is 0 Å². The molecule has 0 saturated carbocycles. The van der Waals surface area contributed by atoms with Gasteiger partial charge in [0.1, 0.15) is 18.6 Å². The van der Waals surface area contributed by atoms with Gasteiger partial charge in [-0.05, 0) is 0 Å². The van der Waals surface area contributed by atoms with E-state index in [-0.39, 0.29) is 42.5 Å². The summed E-state index contributed by atoms with van der Waals surface area (Å²) in [5.74, 6) is 0.0288. The van der Waals surface area contributed by atoms with Crippen molar-refractivity contribution < 1.29 is 19.1 Å². The van der Waals surface area contributed by atoms with E-state index in [0.29, 0.717) is 0 Å². The second-order valence-electron chi connectivity index (χ2n) is 3.00. The molecule has 6 heteroatoms. The maximum Gasteiger partial charge on any atom is 0.227 e. The summed E-state index contributed by atoms with van der Waals surface area (Å²) >= 11 is 0. The first kappa shape index (κ1) is 12.3. The molecule has 0 aromatic carbocycles. The van der Waals surface area contributed by atoms with Gasteiger partial charge in [0.25, 0.3) is 0 Å². The van der Waals surface area contributed by atoms with Crippen LogP contribution in [0.4, 0.5) is 0 Å². The van der Waals surface area contributed by atoms with Crippen LogP contribution in [0, 0.1) is 0 Å². The van der Waals surface area contributed by atoms with Crippen LogP contribution < -0.4 is 15.5 Å². The van der Waals surface area contributed by atoms with E-state index in [1.165, 1.54) is 7.05 Å². The molecule has 2 N–H and O–H groups in total. The smallest absolute Gasteiger partial charge is 0.227 e. The first-order valence-electron chi connectivity index (χ1n) is 4.73. The van der Waals surface area contributed by atoms with Crippen molar-refractivity contribution in [2.75, 3.05) is 13.7 Å². The zero-order valence-electron chi connectivity index (χ0n) is 8.86. The molecule has 0 aliphatic heterocycles. The molecular formula is C10H13NO5. The minimum atomic E-state index is -0.382. The number of aliphatic hydroxyl groups is 1. The zero-order chi connectivity index (χ0) is 12.0. The van der Waals surface area contributed by atoms with Crippen LogP contribution in [0.1, 0.15) is 12.2 Å². The number of aliphatic hydroxyl groups excluding tert-OH is 1. The highest BCUT2D eigenvalue weighted by atomic mass is 16.5. The van der Waals surface area contributed by atoms with Crippen molar-refractivity contribution in [1.82, 2.24) is 5.32 Å². The van der Waals surface area contributed by atoms with Crippen LogP contribution in [-0.2, 0) is 11.4 Å². The summed E-state index contributed by atoms with van der Waals surface area (Å²) < 4.78 is 9.96. The topological polar surface area (TPSA) is 88.8 Å². The Hall–Kier alpha value is -1.82. The Morgan fingerprint density at radius 1 is 1.62 bits per heavy atom. The number of carbonyl (C=O) groups excluding carboxylic acids is 1. The predicted molar refractivity (Wildman–Crippen MR) is 55.1 cm³/mol. The molecule has 0 bridgehead atoms. The number of ether oxygens (including phenoxy) is 1. The maximum absolute atomic E-state index is 11.3. The first-order valence-corrected chi connectivity index (χ1v) is 4.73. The summed E-state index contributed by atoms with van der Waals surface area (Å²) in [5, 5.41) is 11.1. The highest BCUT2D eigenvalue weighted by Gasteiger charge is 2.05. The van der Waals surface area contributed by atoms with Crippen LogP contribution in [-0.4, -0.2) is 24.7 Å². The first-order chi connectivity index (χ1) is 7.67. The number of amides is 1. The molecule has 0 aliphatic rings. The summed E-state index contributed by atoms with van der Waals surface area (Å²) in [6, 6.07) is 1.15. The lowest BCUT2D eigenvalue weighted by Crippen LogP contribution is -2.21. The van der Waals surface area contributed by atoms with E-state index in [1.54, 1.807) is 0 Å². The van der Waals surface area contributed by atoms with E-state index in [4.69, 9.17) is 14.3 Å². The molecule has 88 valence electrons. The fourth-order valence-corrected chi connectivity index (χ4v) is 1.01. The van der Waals surface area contributed by atoms with Gasteiger partial charge in [-0.3, -0.25) is 9.59 Å². The third kappa shape index (κ3) is 3.39. The fourth-order valence-electron chi connectivity index (χ4n) is 1.01. The average Bonchev–Trinajstić information content (AvgIpc) is 2.30. The second-order valence-corrected chi connectivity index (χ2v) is 3.00. The molecule has 0 unspecified atom stereocenters. The third-order valence-electron chi connectivity index (χ3n) is 1.87. The van der Waals surface area contributed by atoms with Gasteiger partial charge in [-0.2, -0.15) is 0 Å². The van der Waals surface area contributed by atoms with E-state index >= 15 is 0 Å². The molecule has 1 amide bonds. The Morgan fingerprint density at radius 3 is 2.94 bits per heavy atom. The highest BCUT2D eigenvalue weighted by Crippen LogP contribution is 2.05. The summed E-state index contributed by atoms with van der Waals surface area (Å²) in [4.78, 5) is 22.2. The Labute approximate surface area is 91.8 Å². The molecule has 1 heterocycles. The summed E-state index contributed by atoms with van der Waals surface area (Å²) in [5.41, 5.74) is -0.382. The monoisotopic (exact) mass is 227 g/mol. The van der Waals surface area contributed by atoms with Crippen molar-refractivity contribution in [2.45, 2.75) is 13.0 Å². The molecule has 0 saturated heterocycles. The van der Waals surface area contributed by atoms with Crippen molar-refractivity contribution in [1.29, 1.82) is 0 Å². The fraction of sp³-hybridized carbons (Fsp3) is 0.400. The number of hydrogen-bond acceptors (Lipinski definition) is 5. The molecule has 1 aromatic heterocycles. The van der Waals surface area contributed by atoms with E-state index in [1.807, 2.05) is 0 Å². The SMILES string of the molecule is CNC(=O)CCOc1coc(CO)cc1=O. The molecule has 0 radical (unpaired) electrons. The average molecular weight is 227 g/mol. The summed E-state index contributed by atoms with van der Waals surface area (Å²) in [6.45, 7) is -0.239. The number of hydrogen-bond donors (Lipinski definition) is 2. The molecule has 0 atom stereocenters. The van der Waals surface area contributed by atoms with Crippen LogP contribution in [0.15, 0.2) is 21.5 Å². The van der Waals surface area contributed by atoms with Crippen LogP contribution in [0.3, 0.4) is 0 Å². The van der Waals surface area contributed by atoms with Crippen molar-refractivity contribution in [3.05, 3.63) is 28.3 Å². The normalized spacial score (nSPS) is 9.88. The number of rotatable bonds is 5. The Balaban J connectivity index is 2.55. The van der Waals surface area contributed by atoms with E-state index < -0.39 is 0 Å². The Bertz CT molecular complexity index is 412. The van der Waals surface area contributed by atoms with Crippen LogP contribution in [0.2, 0.25) is 0 Å². The molecule has 0 fully saturated rings. The third-order valence-corrected chi connectivity index (χ3v) is 1.87. The van der Waals surface area contributed by atoms with Gasteiger partial charge in [0, 0.05) is 13.1 Å². The minimum absolute atomic E-state index is 0.0288. The molecule has 1 aromatic rings. The van der Waals surface area contributed by atoms with Crippen molar-refractivity contribution in [3.63, 3.8) is 0 Å². The molecular weight excluding hydrogens is 214 g/mol. The van der Waals surface area contributed by atoms with E-state index in [9.17, 15) is 9.59 Å². The second kappa shape index (κ2) is 5.92. The van der Waals surface area contributed by atoms with Crippen LogP contribution in [0.5, 0.6) is 5.75 Å². The van der Waals surface area contributed by atoms with Gasteiger partial charge in [0.05, 0.1) is 13.0 Å². The van der Waals surface area contributed by atoms with Gasteiger partial charge < -0.3 is 19.6 Å². The van der Waals surface area contributed by atoms with E-state index in [0.717, 1.165) is 12.3 Å². The summed E-state index contributed by atoms with van der Waals surface area (Å²) in [7, 11) is 1.52. The van der Waals surface area contributed by atoms with Crippen LogP contribution >= 0.6 is 0 Å². The lowest BCUT2D eigenvalue weighted by Gasteiger charge is -2.04. The lowest BCUT2D eigenvalue weighted by atomic mass is 10.4. The number of carbonyl (C=O) groups is 1. The molecule has 16 heavy (non-hydrogen) atoms. The Kier molecular flexibility index (Phi) is 4.53. The molecule has 1 rings (SSSR count). The van der Waals surface area contributed by atoms with Gasteiger partial charge in [0.15, 0.2) is 0 Å². The van der Waals surface area contributed by atoms with Crippen molar-refractivity contribution in [3.8, 4) is 5.75 Å². The molecule has 0 spiro atoms. The zero-order valence-corrected chi connectivity index (χ0v) is 8.86. The molecule has 6 nitrogen and oxygen atoms in total. The Morgan fingerprint density at radius 2 is 2.38 bits per heavy atom. The van der Waals surface area contributed by atoms with Gasteiger partial charge >= 0.3 is 0 Å². The highest BCUT2D eigenvalue weighted by molar-refractivity contribution is 5.75. The van der Waals surface area contributed by atoms with Gasteiger partial charge in [-0.25, -0.2) is 0 Å². The number of nitrogens with one attached hydrogen (secondary N) is 1. The van der Waals surface area contributed by atoms with E-state index in [2.05, 4.69) is 5.32 Å². The van der Waals surface area contributed by atoms with Crippen molar-refractivity contribution >= 4 is 5.91 Å². The summed E-state index contributed by atoms with van der Waals surface area (Å²) in [6.07, 6.45) is 1.29. The largest absolute Gasteiger partial charge is 0.486 e. The minimum Gasteiger partial charge on any atom is -0.486 e. The van der Waals surface area contributed by atoms with Gasteiger partial charge in [-0.15, -0.1) is 0 Å². The predicted octanol–water partition coefficient (Wildman–Crippen LogP) is -0.353. The lowest BCUT2D eigenvalue weighted by molar-refractivity contribution is -0.121. The molecule has 0 aliphatic carbocycles. The quantitative estimate of drug-likeness (QED) is 0.717.